The Morgan fingerprint density at radius 2 is 1.14 bits per heavy atom. The molecule has 9 aromatic rings. The standard InChI is InChI=1S/C54H38N2S/c1-3-45-51(40-19-9-7-15-34(40)2)57-52-41-20-10-8-16-36(41)29-32-48(52)54(45)46-23-13-11-21-42(46)44-33-39(30-31-47(44)54)35-25-27-38(28-26-35)53-55-49-24-14-12-22-43(49)50(56-53)37-17-5-4-6-18-37/h4-33H,3H2,1-2H3. The van der Waals surface area contributed by atoms with E-state index in [0.717, 1.165) is 40.0 Å². The van der Waals surface area contributed by atoms with Crippen molar-refractivity contribution in [2.75, 3.05) is 0 Å². The summed E-state index contributed by atoms with van der Waals surface area (Å²) in [5.41, 5.74) is 16.8. The van der Waals surface area contributed by atoms with Crippen molar-refractivity contribution >= 4 is 38.3 Å². The monoisotopic (exact) mass is 746 g/mol. The van der Waals surface area contributed by atoms with Crippen LogP contribution in [0.3, 0.4) is 0 Å². The van der Waals surface area contributed by atoms with Crippen LogP contribution in [0, 0.1) is 6.92 Å². The van der Waals surface area contributed by atoms with Crippen LogP contribution in [0.25, 0.3) is 71.5 Å². The molecule has 1 aromatic heterocycles. The number of hydrogen-bond acceptors (Lipinski definition) is 3. The van der Waals surface area contributed by atoms with Crippen LogP contribution in [0.15, 0.2) is 192 Å². The molecule has 57 heavy (non-hydrogen) atoms. The van der Waals surface area contributed by atoms with Crippen LogP contribution in [0.4, 0.5) is 0 Å². The Balaban J connectivity index is 1.08. The summed E-state index contributed by atoms with van der Waals surface area (Å²) in [6, 6.07) is 66.4. The molecule has 0 saturated heterocycles. The van der Waals surface area contributed by atoms with Crippen molar-refractivity contribution in [3.8, 4) is 44.9 Å². The minimum absolute atomic E-state index is 0.421. The van der Waals surface area contributed by atoms with Crippen molar-refractivity contribution in [3.63, 3.8) is 0 Å². The highest BCUT2D eigenvalue weighted by Crippen LogP contribution is 2.65. The van der Waals surface area contributed by atoms with Gasteiger partial charge in [-0.1, -0.05) is 189 Å². The SMILES string of the molecule is CCC1=C(c2ccccc2C)Sc2c(ccc3ccccc23)C12c1ccccc1-c1cc(-c3ccc(-c4nc(-c5ccccc5)c5ccccc5n4)cc3)ccc12. The summed E-state index contributed by atoms with van der Waals surface area (Å²) < 4.78 is 0. The second-order valence-electron chi connectivity index (χ2n) is 15.2. The zero-order chi connectivity index (χ0) is 38.1. The highest BCUT2D eigenvalue weighted by Gasteiger charge is 2.51. The van der Waals surface area contributed by atoms with Crippen molar-refractivity contribution < 1.29 is 0 Å². The summed E-state index contributed by atoms with van der Waals surface area (Å²) in [5.74, 6) is 0.730. The molecule has 1 aliphatic carbocycles. The third-order valence-corrected chi connectivity index (χ3v) is 13.4. The molecule has 3 heteroatoms. The van der Waals surface area contributed by atoms with Crippen LogP contribution in [-0.2, 0) is 5.41 Å². The molecule has 2 aliphatic rings. The molecular weight excluding hydrogens is 709 g/mol. The molecule has 2 heterocycles. The molecule has 1 aliphatic heterocycles. The van der Waals surface area contributed by atoms with Gasteiger partial charge in [-0.3, -0.25) is 0 Å². The third-order valence-electron chi connectivity index (χ3n) is 12.1. The maximum absolute atomic E-state index is 5.13. The first-order chi connectivity index (χ1) is 28.1. The van der Waals surface area contributed by atoms with Gasteiger partial charge in [0, 0.05) is 26.3 Å². The fraction of sp³-hybridized carbons (Fsp3) is 0.0741. The number of nitrogens with zero attached hydrogens (tertiary/aromatic N) is 2. The van der Waals surface area contributed by atoms with Gasteiger partial charge in [0.15, 0.2) is 5.82 Å². The van der Waals surface area contributed by atoms with Crippen molar-refractivity contribution in [1.29, 1.82) is 0 Å². The van der Waals surface area contributed by atoms with Crippen LogP contribution in [0.1, 0.15) is 41.2 Å². The Morgan fingerprint density at radius 1 is 0.491 bits per heavy atom. The minimum atomic E-state index is -0.421. The van der Waals surface area contributed by atoms with Gasteiger partial charge in [-0.05, 0) is 91.9 Å². The van der Waals surface area contributed by atoms with E-state index in [4.69, 9.17) is 9.97 Å². The Labute approximate surface area is 337 Å². The Hall–Kier alpha value is -6.55. The second kappa shape index (κ2) is 13.3. The van der Waals surface area contributed by atoms with Crippen molar-refractivity contribution in [1.82, 2.24) is 9.97 Å². The van der Waals surface area contributed by atoms with Crippen LogP contribution in [0.2, 0.25) is 0 Å². The summed E-state index contributed by atoms with van der Waals surface area (Å²) in [6.07, 6.45) is 0.933. The molecule has 2 nitrogen and oxygen atoms in total. The van der Waals surface area contributed by atoms with Gasteiger partial charge >= 0.3 is 0 Å². The molecule has 1 unspecified atom stereocenters. The van der Waals surface area contributed by atoms with Gasteiger partial charge in [0.2, 0.25) is 0 Å². The van der Waals surface area contributed by atoms with E-state index in [1.807, 2.05) is 23.9 Å². The number of allylic oxidation sites excluding steroid dienone is 1. The average molecular weight is 747 g/mol. The number of aryl methyl sites for hydroxylation is 1. The first kappa shape index (κ1) is 33.8. The van der Waals surface area contributed by atoms with Gasteiger partial charge in [-0.25, -0.2) is 9.97 Å². The largest absolute Gasteiger partial charge is 0.228 e. The maximum Gasteiger partial charge on any atom is 0.160 e. The zero-order valence-electron chi connectivity index (χ0n) is 31.8. The molecule has 1 spiro atoms. The molecule has 0 amide bonds. The van der Waals surface area contributed by atoms with E-state index in [2.05, 4.69) is 184 Å². The summed E-state index contributed by atoms with van der Waals surface area (Å²) in [6.45, 7) is 4.60. The van der Waals surface area contributed by atoms with Crippen LogP contribution in [0.5, 0.6) is 0 Å². The van der Waals surface area contributed by atoms with E-state index in [-0.39, 0.29) is 0 Å². The predicted octanol–water partition coefficient (Wildman–Crippen LogP) is 14.3. The van der Waals surface area contributed by atoms with E-state index in [1.165, 1.54) is 76.2 Å². The number of fused-ring (bicyclic) bond motifs is 10. The van der Waals surface area contributed by atoms with Crippen molar-refractivity contribution in [2.45, 2.75) is 30.6 Å². The summed E-state index contributed by atoms with van der Waals surface area (Å²) >= 11 is 1.97. The lowest BCUT2D eigenvalue weighted by Gasteiger charge is -2.42. The fourth-order valence-electron chi connectivity index (χ4n) is 9.53. The molecule has 0 bridgehead atoms. The first-order valence-corrected chi connectivity index (χ1v) is 20.6. The van der Waals surface area contributed by atoms with Gasteiger partial charge in [-0.2, -0.15) is 0 Å². The van der Waals surface area contributed by atoms with Crippen LogP contribution < -0.4 is 0 Å². The highest BCUT2D eigenvalue weighted by molar-refractivity contribution is 8.08. The van der Waals surface area contributed by atoms with Crippen molar-refractivity contribution in [2.24, 2.45) is 0 Å². The van der Waals surface area contributed by atoms with E-state index < -0.39 is 5.41 Å². The lowest BCUT2D eigenvalue weighted by atomic mass is 9.65. The molecular formula is C54H38N2S. The Morgan fingerprint density at radius 3 is 1.96 bits per heavy atom. The molecule has 0 N–H and O–H groups in total. The lowest BCUT2D eigenvalue weighted by molar-refractivity contribution is 0.702. The fourth-order valence-corrected chi connectivity index (χ4v) is 11.1. The summed E-state index contributed by atoms with van der Waals surface area (Å²) in [4.78, 5) is 12.9. The number of aromatic nitrogens is 2. The minimum Gasteiger partial charge on any atom is -0.228 e. The summed E-state index contributed by atoms with van der Waals surface area (Å²) in [5, 5.41) is 3.65. The van der Waals surface area contributed by atoms with Crippen molar-refractivity contribution in [3.05, 3.63) is 215 Å². The van der Waals surface area contributed by atoms with E-state index in [0.29, 0.717) is 0 Å². The van der Waals surface area contributed by atoms with Gasteiger partial charge < -0.3 is 0 Å². The predicted molar refractivity (Wildman–Crippen MR) is 239 cm³/mol. The van der Waals surface area contributed by atoms with E-state index >= 15 is 0 Å². The molecule has 0 radical (unpaired) electrons. The molecule has 1 atom stereocenters. The quantitative estimate of drug-likeness (QED) is 0.175. The molecule has 11 rings (SSSR count). The third kappa shape index (κ3) is 5.12. The van der Waals surface area contributed by atoms with E-state index in [1.54, 1.807) is 0 Å². The van der Waals surface area contributed by atoms with Crippen LogP contribution >= 0.6 is 11.8 Å². The van der Waals surface area contributed by atoms with Gasteiger partial charge in [0.05, 0.1) is 16.6 Å². The number of para-hydroxylation sites is 1. The topological polar surface area (TPSA) is 25.8 Å². The number of thioether (sulfide) groups is 1. The zero-order valence-corrected chi connectivity index (χ0v) is 32.6. The van der Waals surface area contributed by atoms with E-state index in [9.17, 15) is 0 Å². The summed E-state index contributed by atoms with van der Waals surface area (Å²) in [7, 11) is 0. The molecule has 0 saturated carbocycles. The van der Waals surface area contributed by atoms with Gasteiger partial charge in [-0.15, -0.1) is 0 Å². The molecule has 270 valence electrons. The number of benzene rings is 8. The first-order valence-electron chi connectivity index (χ1n) is 19.8. The Bertz CT molecular complexity index is 3090. The second-order valence-corrected chi connectivity index (χ2v) is 16.2. The van der Waals surface area contributed by atoms with Gasteiger partial charge in [0.1, 0.15) is 0 Å². The number of rotatable bonds is 5. The van der Waals surface area contributed by atoms with Gasteiger partial charge in [0.25, 0.3) is 0 Å². The maximum atomic E-state index is 5.13. The molecule has 8 aromatic carbocycles. The Kier molecular flexibility index (Phi) is 7.87. The highest BCUT2D eigenvalue weighted by atomic mass is 32.2. The molecule has 0 fully saturated rings. The number of hydrogen-bond donors (Lipinski definition) is 0. The average Bonchev–Trinajstić information content (AvgIpc) is 3.56. The van der Waals surface area contributed by atoms with Crippen LogP contribution in [-0.4, -0.2) is 9.97 Å². The smallest absolute Gasteiger partial charge is 0.160 e. The lowest BCUT2D eigenvalue weighted by Crippen LogP contribution is -2.33. The normalized spacial score (nSPS) is 15.5.